The smallest absolute Gasteiger partial charge is 0.287 e. The number of benzene rings is 2. The van der Waals surface area contributed by atoms with Gasteiger partial charge in [0, 0.05) is 5.02 Å². The highest BCUT2D eigenvalue weighted by Crippen LogP contribution is 2.21. The van der Waals surface area contributed by atoms with Crippen LogP contribution >= 0.6 is 11.6 Å². The molecule has 7 heteroatoms. The lowest BCUT2D eigenvalue weighted by atomic mass is 10.1. The van der Waals surface area contributed by atoms with Crippen LogP contribution < -0.4 is 5.32 Å². The van der Waals surface area contributed by atoms with Crippen molar-refractivity contribution in [3.8, 4) is 0 Å². The molecule has 0 aliphatic carbocycles. The lowest BCUT2D eigenvalue weighted by Crippen LogP contribution is -2.26. The third kappa shape index (κ3) is 4.78. The van der Waals surface area contributed by atoms with E-state index in [0.29, 0.717) is 5.02 Å². The minimum atomic E-state index is -3.59. The van der Waals surface area contributed by atoms with E-state index in [-0.39, 0.29) is 28.2 Å². The third-order valence-corrected chi connectivity index (χ3v) is 5.94. The molecule has 27 heavy (non-hydrogen) atoms. The minimum Gasteiger partial charge on any atom is -0.455 e. The first-order chi connectivity index (χ1) is 12.8. The van der Waals surface area contributed by atoms with E-state index in [0.717, 1.165) is 5.56 Å². The molecule has 140 valence electrons. The summed E-state index contributed by atoms with van der Waals surface area (Å²) in [5.74, 6) is -0.473. The third-order valence-electron chi connectivity index (χ3n) is 4.04. The topological polar surface area (TPSA) is 76.4 Å². The number of hydrogen-bond acceptors (Lipinski definition) is 4. The highest BCUT2D eigenvalue weighted by molar-refractivity contribution is 7.90. The number of furan rings is 1. The molecule has 0 radical (unpaired) electrons. The number of amides is 1. The monoisotopic (exact) mass is 403 g/mol. The second-order valence-corrected chi connectivity index (χ2v) is 8.51. The SMILES string of the molecule is CC(NC(=O)c1ccc(CS(=O)(=O)c2ccc(Cl)cc2)o1)c1ccccc1. The molecule has 0 bridgehead atoms. The first-order valence-electron chi connectivity index (χ1n) is 8.28. The zero-order chi connectivity index (χ0) is 19.4. The second kappa shape index (κ2) is 7.98. The summed E-state index contributed by atoms with van der Waals surface area (Å²) < 4.78 is 30.3. The van der Waals surface area contributed by atoms with Crippen molar-refractivity contribution in [2.75, 3.05) is 0 Å². The molecule has 0 aliphatic heterocycles. The molecular weight excluding hydrogens is 386 g/mol. The standard InChI is InChI=1S/C20H18ClNO4S/c1-14(15-5-3-2-4-6-15)22-20(23)19-12-9-17(26-19)13-27(24,25)18-10-7-16(21)8-11-18/h2-12,14H,13H2,1H3,(H,22,23). The number of carbonyl (C=O) groups excluding carboxylic acids is 1. The van der Waals surface area contributed by atoms with Crippen molar-refractivity contribution in [1.29, 1.82) is 0 Å². The van der Waals surface area contributed by atoms with Crippen LogP contribution in [0.3, 0.4) is 0 Å². The summed E-state index contributed by atoms with van der Waals surface area (Å²) in [6, 6.07) is 18.2. The average Bonchev–Trinajstić information content (AvgIpc) is 3.10. The first-order valence-corrected chi connectivity index (χ1v) is 10.3. The second-order valence-electron chi connectivity index (χ2n) is 6.08. The van der Waals surface area contributed by atoms with Crippen LogP contribution in [-0.2, 0) is 15.6 Å². The van der Waals surface area contributed by atoms with Crippen molar-refractivity contribution in [2.24, 2.45) is 0 Å². The molecule has 0 aliphatic rings. The van der Waals surface area contributed by atoms with Crippen LogP contribution in [0.1, 0.15) is 34.8 Å². The van der Waals surface area contributed by atoms with Gasteiger partial charge in [0.1, 0.15) is 11.5 Å². The number of carbonyl (C=O) groups is 1. The summed E-state index contributed by atoms with van der Waals surface area (Å²) in [5, 5.41) is 3.29. The Morgan fingerprint density at radius 3 is 2.37 bits per heavy atom. The normalized spacial score (nSPS) is 12.5. The Hall–Kier alpha value is -2.57. The summed E-state index contributed by atoms with van der Waals surface area (Å²) in [6.45, 7) is 1.86. The largest absolute Gasteiger partial charge is 0.455 e. The molecule has 1 N–H and O–H groups in total. The average molecular weight is 404 g/mol. The number of nitrogens with one attached hydrogen (secondary N) is 1. The molecule has 1 amide bonds. The Balaban J connectivity index is 1.69. The lowest BCUT2D eigenvalue weighted by Gasteiger charge is -2.13. The molecule has 0 saturated carbocycles. The predicted octanol–water partition coefficient (Wildman–Crippen LogP) is 4.40. The Bertz CT molecular complexity index is 1030. The van der Waals surface area contributed by atoms with Crippen LogP contribution in [0.15, 0.2) is 76.0 Å². The van der Waals surface area contributed by atoms with Crippen molar-refractivity contribution >= 4 is 27.3 Å². The van der Waals surface area contributed by atoms with Gasteiger partial charge in [-0.05, 0) is 48.9 Å². The number of rotatable bonds is 6. The van der Waals surface area contributed by atoms with Crippen LogP contribution in [0.4, 0.5) is 0 Å². The van der Waals surface area contributed by atoms with E-state index in [4.69, 9.17) is 16.0 Å². The molecule has 0 spiro atoms. The predicted molar refractivity (Wildman–Crippen MR) is 103 cm³/mol. The summed E-state index contributed by atoms with van der Waals surface area (Å²) in [6.07, 6.45) is 0. The number of sulfone groups is 1. The zero-order valence-corrected chi connectivity index (χ0v) is 16.1. The first kappa shape index (κ1) is 19.2. The van der Waals surface area contributed by atoms with Crippen LogP contribution in [-0.4, -0.2) is 14.3 Å². The molecule has 1 heterocycles. The van der Waals surface area contributed by atoms with E-state index in [1.165, 1.54) is 36.4 Å². The maximum Gasteiger partial charge on any atom is 0.287 e. The van der Waals surface area contributed by atoms with Gasteiger partial charge in [-0.3, -0.25) is 4.79 Å². The number of hydrogen-bond donors (Lipinski definition) is 1. The zero-order valence-electron chi connectivity index (χ0n) is 14.6. The molecule has 0 fully saturated rings. The molecule has 3 rings (SSSR count). The molecule has 1 aromatic heterocycles. The van der Waals surface area contributed by atoms with Gasteiger partial charge in [-0.15, -0.1) is 0 Å². The van der Waals surface area contributed by atoms with Gasteiger partial charge in [0.25, 0.3) is 5.91 Å². The Morgan fingerprint density at radius 1 is 1.04 bits per heavy atom. The van der Waals surface area contributed by atoms with Crippen LogP contribution in [0.25, 0.3) is 0 Å². The van der Waals surface area contributed by atoms with Crippen molar-refractivity contribution in [3.63, 3.8) is 0 Å². The van der Waals surface area contributed by atoms with E-state index >= 15 is 0 Å². The van der Waals surface area contributed by atoms with Crippen LogP contribution in [0.5, 0.6) is 0 Å². The molecule has 5 nitrogen and oxygen atoms in total. The Morgan fingerprint density at radius 2 is 1.70 bits per heavy atom. The molecule has 2 aromatic carbocycles. The highest BCUT2D eigenvalue weighted by Gasteiger charge is 2.20. The van der Waals surface area contributed by atoms with E-state index in [9.17, 15) is 13.2 Å². The fraction of sp³-hybridized carbons (Fsp3) is 0.150. The van der Waals surface area contributed by atoms with Crippen molar-refractivity contribution < 1.29 is 17.6 Å². The Labute approximate surface area is 162 Å². The van der Waals surface area contributed by atoms with Crippen molar-refractivity contribution in [2.45, 2.75) is 23.6 Å². The van der Waals surface area contributed by atoms with Crippen molar-refractivity contribution in [3.05, 3.63) is 88.8 Å². The fourth-order valence-electron chi connectivity index (χ4n) is 2.58. The van der Waals surface area contributed by atoms with Gasteiger partial charge in [-0.2, -0.15) is 0 Å². The fourth-order valence-corrected chi connectivity index (χ4v) is 3.96. The summed E-state index contributed by atoms with van der Waals surface area (Å²) in [7, 11) is -3.59. The Kier molecular flexibility index (Phi) is 5.68. The van der Waals surface area contributed by atoms with Gasteiger partial charge in [0.05, 0.1) is 10.9 Å². The molecule has 0 saturated heterocycles. The quantitative estimate of drug-likeness (QED) is 0.661. The van der Waals surface area contributed by atoms with Crippen LogP contribution in [0, 0.1) is 0 Å². The van der Waals surface area contributed by atoms with E-state index in [1.807, 2.05) is 37.3 Å². The lowest BCUT2D eigenvalue weighted by molar-refractivity contribution is 0.0910. The molecular formula is C20H18ClNO4S. The van der Waals surface area contributed by atoms with Gasteiger partial charge in [-0.25, -0.2) is 8.42 Å². The maximum absolute atomic E-state index is 12.5. The van der Waals surface area contributed by atoms with Gasteiger partial charge in [-0.1, -0.05) is 41.9 Å². The summed E-state index contributed by atoms with van der Waals surface area (Å²) >= 11 is 5.79. The van der Waals surface area contributed by atoms with Gasteiger partial charge >= 0.3 is 0 Å². The summed E-state index contributed by atoms with van der Waals surface area (Å²) in [5.41, 5.74) is 0.961. The molecule has 3 aromatic rings. The minimum absolute atomic E-state index is 0.0686. The highest BCUT2D eigenvalue weighted by atomic mass is 35.5. The maximum atomic E-state index is 12.5. The van der Waals surface area contributed by atoms with Crippen molar-refractivity contribution in [1.82, 2.24) is 5.32 Å². The van der Waals surface area contributed by atoms with E-state index in [2.05, 4.69) is 5.32 Å². The van der Waals surface area contributed by atoms with Gasteiger partial charge in [0.2, 0.25) is 0 Å². The summed E-state index contributed by atoms with van der Waals surface area (Å²) in [4.78, 5) is 12.5. The van der Waals surface area contributed by atoms with Gasteiger partial charge < -0.3 is 9.73 Å². The van der Waals surface area contributed by atoms with Gasteiger partial charge in [0.15, 0.2) is 15.6 Å². The molecule has 1 unspecified atom stereocenters. The van der Waals surface area contributed by atoms with E-state index < -0.39 is 15.7 Å². The van der Waals surface area contributed by atoms with Crippen LogP contribution in [0.2, 0.25) is 5.02 Å². The van der Waals surface area contributed by atoms with E-state index in [1.54, 1.807) is 0 Å². The molecule has 1 atom stereocenters. The number of halogens is 1.